The number of carbonyl (C=O) groups is 1. The Bertz CT molecular complexity index is 739. The van der Waals surface area contributed by atoms with Crippen molar-refractivity contribution in [2.75, 3.05) is 18.1 Å². The topological polar surface area (TPSA) is 85.4 Å². The first-order valence-corrected chi connectivity index (χ1v) is 8.69. The fraction of sp³-hybridized carbons (Fsp3) is 0.231. The number of nitrogens with one attached hydrogen (secondary N) is 1. The molecule has 112 valence electrons. The second-order valence-corrected chi connectivity index (χ2v) is 7.12. The normalized spacial score (nSPS) is 11.1. The highest BCUT2D eigenvalue weighted by molar-refractivity contribution is 7.92. The Morgan fingerprint density at radius 1 is 1.33 bits per heavy atom. The van der Waals surface area contributed by atoms with Crippen LogP contribution in [0.4, 0.5) is 5.13 Å². The number of rotatable bonds is 5. The summed E-state index contributed by atoms with van der Waals surface area (Å²) in [6, 6.07) is 9.26. The minimum atomic E-state index is -3.42. The van der Waals surface area contributed by atoms with Gasteiger partial charge in [0.05, 0.1) is 25.5 Å². The number of methoxy groups -OCH3 is 1. The molecule has 2 rings (SSSR count). The van der Waals surface area contributed by atoms with Crippen molar-refractivity contribution in [3.05, 3.63) is 35.2 Å². The van der Waals surface area contributed by atoms with Crippen LogP contribution in [0.1, 0.15) is 4.88 Å². The van der Waals surface area contributed by atoms with Crippen molar-refractivity contribution in [2.24, 2.45) is 0 Å². The van der Waals surface area contributed by atoms with E-state index in [2.05, 4.69) is 14.4 Å². The number of ether oxygens (including phenoxy) is 1. The van der Waals surface area contributed by atoms with Gasteiger partial charge in [-0.25, -0.2) is 13.4 Å². The summed E-state index contributed by atoms with van der Waals surface area (Å²) < 4.78 is 29.6. The van der Waals surface area contributed by atoms with E-state index < -0.39 is 16.0 Å². The first-order chi connectivity index (χ1) is 9.89. The smallest absolute Gasteiger partial charge is 0.310 e. The second kappa shape index (κ2) is 6.23. The van der Waals surface area contributed by atoms with Crippen molar-refractivity contribution < 1.29 is 17.9 Å². The lowest BCUT2D eigenvalue weighted by Gasteiger charge is -2.01. The van der Waals surface area contributed by atoms with Crippen molar-refractivity contribution in [3.8, 4) is 11.3 Å². The average molecular weight is 326 g/mol. The Morgan fingerprint density at radius 3 is 2.57 bits per heavy atom. The van der Waals surface area contributed by atoms with Crippen molar-refractivity contribution in [3.63, 3.8) is 0 Å². The summed E-state index contributed by atoms with van der Waals surface area (Å²) in [4.78, 5) is 16.4. The van der Waals surface area contributed by atoms with Crippen molar-refractivity contribution >= 4 is 32.5 Å². The predicted molar refractivity (Wildman–Crippen MR) is 81.7 cm³/mol. The quantitative estimate of drug-likeness (QED) is 0.848. The summed E-state index contributed by atoms with van der Waals surface area (Å²) in [7, 11) is -2.11. The maximum atomic E-state index is 11.5. The van der Waals surface area contributed by atoms with Crippen molar-refractivity contribution in [2.45, 2.75) is 6.42 Å². The number of thiazole rings is 1. The Balaban J connectivity index is 2.43. The Kier molecular flexibility index (Phi) is 4.59. The molecule has 0 bridgehead atoms. The summed E-state index contributed by atoms with van der Waals surface area (Å²) in [6.07, 6.45) is 1.10. The average Bonchev–Trinajstić information content (AvgIpc) is 2.80. The van der Waals surface area contributed by atoms with Gasteiger partial charge in [-0.3, -0.25) is 9.52 Å². The van der Waals surface area contributed by atoms with E-state index in [4.69, 9.17) is 0 Å². The molecule has 2 aromatic rings. The minimum absolute atomic E-state index is 0.0455. The molecule has 1 heterocycles. The zero-order valence-corrected chi connectivity index (χ0v) is 13.1. The fourth-order valence-electron chi connectivity index (χ4n) is 1.70. The van der Waals surface area contributed by atoms with Gasteiger partial charge in [-0.15, -0.1) is 0 Å². The van der Waals surface area contributed by atoms with Crippen LogP contribution in [-0.2, 0) is 26.0 Å². The number of anilines is 1. The van der Waals surface area contributed by atoms with Crippen LogP contribution in [0, 0.1) is 0 Å². The lowest BCUT2D eigenvalue weighted by Crippen LogP contribution is -2.08. The summed E-state index contributed by atoms with van der Waals surface area (Å²) in [5.74, 6) is -0.401. The van der Waals surface area contributed by atoms with E-state index in [1.165, 1.54) is 7.11 Å². The molecule has 21 heavy (non-hydrogen) atoms. The number of carbonyl (C=O) groups excluding carboxylic acids is 1. The molecule has 0 radical (unpaired) electrons. The zero-order valence-electron chi connectivity index (χ0n) is 11.5. The van der Waals surface area contributed by atoms with Gasteiger partial charge in [-0.05, 0) is 0 Å². The van der Waals surface area contributed by atoms with Crippen LogP contribution in [0.25, 0.3) is 11.3 Å². The highest BCUT2D eigenvalue weighted by atomic mass is 32.2. The predicted octanol–water partition coefficient (Wildman–Crippen LogP) is 1.90. The summed E-state index contributed by atoms with van der Waals surface area (Å²) in [5.41, 5.74) is 1.39. The number of sulfonamides is 1. The molecule has 0 saturated heterocycles. The van der Waals surface area contributed by atoms with E-state index in [9.17, 15) is 13.2 Å². The van der Waals surface area contributed by atoms with Gasteiger partial charge in [0.25, 0.3) is 0 Å². The van der Waals surface area contributed by atoms with Gasteiger partial charge < -0.3 is 4.74 Å². The van der Waals surface area contributed by atoms with Gasteiger partial charge in [-0.1, -0.05) is 41.7 Å². The van der Waals surface area contributed by atoms with E-state index in [0.29, 0.717) is 10.6 Å². The molecule has 1 aromatic heterocycles. The van der Waals surface area contributed by atoms with Crippen molar-refractivity contribution in [1.82, 2.24) is 4.98 Å². The molecular formula is C13H14N2O4S2. The van der Waals surface area contributed by atoms with Crippen LogP contribution in [0.2, 0.25) is 0 Å². The number of nitrogens with zero attached hydrogens (tertiary/aromatic N) is 1. The molecule has 0 aliphatic carbocycles. The van der Waals surface area contributed by atoms with Gasteiger partial charge in [0.15, 0.2) is 5.13 Å². The first-order valence-electron chi connectivity index (χ1n) is 5.99. The van der Waals surface area contributed by atoms with Gasteiger partial charge in [0, 0.05) is 10.4 Å². The molecule has 0 unspecified atom stereocenters. The van der Waals surface area contributed by atoms with E-state index in [1.807, 2.05) is 30.3 Å². The molecular weight excluding hydrogens is 312 g/mol. The number of benzene rings is 1. The molecule has 0 atom stereocenters. The maximum Gasteiger partial charge on any atom is 0.310 e. The third-order valence-electron chi connectivity index (χ3n) is 2.55. The summed E-state index contributed by atoms with van der Waals surface area (Å²) in [6.45, 7) is 0. The Hall–Kier alpha value is -1.93. The van der Waals surface area contributed by atoms with Crippen LogP contribution >= 0.6 is 11.3 Å². The summed E-state index contributed by atoms with van der Waals surface area (Å²) >= 11 is 1.12. The first kappa shape index (κ1) is 15.5. The van der Waals surface area contributed by atoms with Gasteiger partial charge in [0.2, 0.25) is 10.0 Å². The zero-order chi connectivity index (χ0) is 15.5. The number of esters is 1. The molecule has 0 saturated carbocycles. The van der Waals surface area contributed by atoms with E-state index in [-0.39, 0.29) is 11.6 Å². The van der Waals surface area contributed by atoms with E-state index >= 15 is 0 Å². The van der Waals surface area contributed by atoms with Crippen LogP contribution in [0.3, 0.4) is 0 Å². The lowest BCUT2D eigenvalue weighted by atomic mass is 10.1. The molecule has 1 N–H and O–H groups in total. The van der Waals surface area contributed by atoms with Crippen LogP contribution in [0.5, 0.6) is 0 Å². The van der Waals surface area contributed by atoms with Gasteiger partial charge in [0.1, 0.15) is 0 Å². The molecule has 0 aliphatic rings. The van der Waals surface area contributed by atoms with Crippen LogP contribution in [-0.4, -0.2) is 32.7 Å². The second-order valence-electron chi connectivity index (χ2n) is 4.28. The highest BCUT2D eigenvalue weighted by Crippen LogP contribution is 2.32. The van der Waals surface area contributed by atoms with E-state index in [1.54, 1.807) is 0 Å². The molecule has 1 aromatic carbocycles. The van der Waals surface area contributed by atoms with E-state index in [0.717, 1.165) is 23.2 Å². The molecule has 0 aliphatic heterocycles. The monoisotopic (exact) mass is 326 g/mol. The standard InChI is InChI=1S/C13H14N2O4S2/c1-19-11(16)8-10-12(9-6-4-3-5-7-9)14-13(20-10)15-21(2,17)18/h3-7H,8H2,1-2H3,(H,14,15). The van der Waals surface area contributed by atoms with Gasteiger partial charge in [-0.2, -0.15) is 0 Å². The summed E-state index contributed by atoms with van der Waals surface area (Å²) in [5, 5.41) is 0.232. The fourth-order valence-corrected chi connectivity index (χ4v) is 3.50. The van der Waals surface area contributed by atoms with Crippen molar-refractivity contribution in [1.29, 1.82) is 0 Å². The SMILES string of the molecule is COC(=O)Cc1sc(NS(C)(=O)=O)nc1-c1ccccc1. The molecule has 6 nitrogen and oxygen atoms in total. The van der Waals surface area contributed by atoms with Crippen LogP contribution < -0.4 is 4.72 Å². The number of hydrogen-bond donors (Lipinski definition) is 1. The molecule has 0 amide bonds. The minimum Gasteiger partial charge on any atom is -0.469 e. The van der Waals surface area contributed by atoms with Crippen LogP contribution in [0.15, 0.2) is 30.3 Å². The largest absolute Gasteiger partial charge is 0.469 e. The lowest BCUT2D eigenvalue weighted by molar-refractivity contribution is -0.139. The maximum absolute atomic E-state index is 11.5. The van der Waals surface area contributed by atoms with Gasteiger partial charge >= 0.3 is 5.97 Å². The third-order valence-corrected chi connectivity index (χ3v) is 4.21. The molecule has 8 heteroatoms. The Labute approximate surface area is 126 Å². The number of aromatic nitrogens is 1. The molecule has 0 spiro atoms. The number of hydrogen-bond acceptors (Lipinski definition) is 6. The third kappa shape index (κ3) is 4.27. The molecule has 0 fully saturated rings. The Morgan fingerprint density at radius 2 is 2.00 bits per heavy atom. The highest BCUT2D eigenvalue weighted by Gasteiger charge is 2.17.